The maximum Gasteiger partial charge on any atom is 0.416 e. The highest BCUT2D eigenvalue weighted by molar-refractivity contribution is 5.90. The van der Waals surface area contributed by atoms with Gasteiger partial charge in [0, 0.05) is 18.5 Å². The molecule has 1 amide bonds. The third-order valence-electron chi connectivity index (χ3n) is 5.48. The molecule has 0 spiro atoms. The summed E-state index contributed by atoms with van der Waals surface area (Å²) in [4.78, 5) is 24.2. The van der Waals surface area contributed by atoms with Crippen molar-refractivity contribution in [1.29, 1.82) is 0 Å². The van der Waals surface area contributed by atoms with Crippen molar-refractivity contribution in [2.75, 3.05) is 18.4 Å². The number of H-pyrrole nitrogens is 1. The average molecular weight is 480 g/mol. The number of rotatable bonds is 8. The SMILES string of the molecule is O=C(Cc1cccc(-c2cccc(C(F)(F)F)c2)c1)NCCCNc1n[nH]c(=O)c2ccccc12. The van der Waals surface area contributed by atoms with Crippen molar-refractivity contribution in [1.82, 2.24) is 15.5 Å². The number of carbonyl (C=O) groups is 1. The van der Waals surface area contributed by atoms with Gasteiger partial charge in [-0.3, -0.25) is 9.59 Å². The second kappa shape index (κ2) is 10.4. The van der Waals surface area contributed by atoms with Crippen molar-refractivity contribution in [2.24, 2.45) is 0 Å². The van der Waals surface area contributed by atoms with E-state index >= 15 is 0 Å². The second-order valence-electron chi connectivity index (χ2n) is 8.03. The fraction of sp³-hybridized carbons (Fsp3) is 0.192. The van der Waals surface area contributed by atoms with Crippen LogP contribution in [0.4, 0.5) is 19.0 Å². The van der Waals surface area contributed by atoms with Gasteiger partial charge < -0.3 is 10.6 Å². The molecule has 0 aliphatic heterocycles. The number of fused-ring (bicyclic) bond motifs is 1. The Morgan fingerprint density at radius 3 is 2.37 bits per heavy atom. The van der Waals surface area contributed by atoms with E-state index in [9.17, 15) is 22.8 Å². The Bertz CT molecular complexity index is 1400. The molecule has 1 heterocycles. The monoisotopic (exact) mass is 480 g/mol. The van der Waals surface area contributed by atoms with Crippen LogP contribution in [0.25, 0.3) is 21.9 Å². The molecule has 0 atom stereocenters. The largest absolute Gasteiger partial charge is 0.416 e. The van der Waals surface area contributed by atoms with E-state index in [1.54, 1.807) is 42.5 Å². The maximum atomic E-state index is 13.0. The molecule has 35 heavy (non-hydrogen) atoms. The standard InChI is InChI=1S/C26H23F3N4O2/c27-26(28,29)20-9-4-8-19(16-20)18-7-3-6-17(14-18)15-23(34)30-12-5-13-31-24-21-10-1-2-11-22(21)25(35)33-32-24/h1-4,6-11,14,16H,5,12-13,15H2,(H,30,34)(H,31,32)(H,33,35). The smallest absolute Gasteiger partial charge is 0.368 e. The molecular weight excluding hydrogens is 457 g/mol. The van der Waals surface area contributed by atoms with Crippen molar-refractivity contribution in [3.05, 3.63) is 94.3 Å². The number of aromatic amines is 1. The lowest BCUT2D eigenvalue weighted by Gasteiger charge is -2.11. The number of hydrogen-bond acceptors (Lipinski definition) is 4. The molecule has 4 aromatic rings. The van der Waals surface area contributed by atoms with Crippen molar-refractivity contribution >= 4 is 22.5 Å². The number of alkyl halides is 3. The van der Waals surface area contributed by atoms with Crippen LogP contribution in [0, 0.1) is 0 Å². The maximum absolute atomic E-state index is 13.0. The van der Waals surface area contributed by atoms with E-state index < -0.39 is 11.7 Å². The topological polar surface area (TPSA) is 86.9 Å². The fourth-order valence-corrected chi connectivity index (χ4v) is 3.76. The molecule has 0 aliphatic carbocycles. The van der Waals surface area contributed by atoms with Crippen LogP contribution in [0.2, 0.25) is 0 Å². The van der Waals surface area contributed by atoms with Gasteiger partial charge >= 0.3 is 6.18 Å². The Balaban J connectivity index is 1.29. The zero-order chi connectivity index (χ0) is 24.8. The first-order valence-electron chi connectivity index (χ1n) is 11.1. The Morgan fingerprint density at radius 1 is 0.886 bits per heavy atom. The molecule has 0 saturated carbocycles. The lowest BCUT2D eigenvalue weighted by atomic mass is 10.00. The Kier molecular flexibility index (Phi) is 7.14. The Hall–Kier alpha value is -4.14. The van der Waals surface area contributed by atoms with Crippen LogP contribution < -0.4 is 16.2 Å². The number of benzene rings is 3. The summed E-state index contributed by atoms with van der Waals surface area (Å²) in [6.07, 6.45) is -3.67. The molecule has 0 radical (unpaired) electrons. The minimum absolute atomic E-state index is 0.117. The number of carbonyl (C=O) groups excluding carboxylic acids is 1. The van der Waals surface area contributed by atoms with Gasteiger partial charge in [0.25, 0.3) is 5.56 Å². The minimum Gasteiger partial charge on any atom is -0.368 e. The van der Waals surface area contributed by atoms with Gasteiger partial charge in [-0.25, -0.2) is 5.10 Å². The van der Waals surface area contributed by atoms with Crippen LogP contribution in [0.1, 0.15) is 17.5 Å². The van der Waals surface area contributed by atoms with E-state index in [0.29, 0.717) is 47.4 Å². The summed E-state index contributed by atoms with van der Waals surface area (Å²) in [5.41, 5.74) is 0.801. The van der Waals surface area contributed by atoms with Gasteiger partial charge in [0.1, 0.15) is 0 Å². The second-order valence-corrected chi connectivity index (χ2v) is 8.03. The molecule has 9 heteroatoms. The molecule has 0 fully saturated rings. The van der Waals surface area contributed by atoms with Crippen LogP contribution in [0.3, 0.4) is 0 Å². The summed E-state index contributed by atoms with van der Waals surface area (Å²) in [5, 5.41) is 13.8. The molecule has 0 bridgehead atoms. The molecule has 0 aliphatic rings. The van der Waals surface area contributed by atoms with Crippen molar-refractivity contribution in [3.8, 4) is 11.1 Å². The predicted molar refractivity (Wildman–Crippen MR) is 129 cm³/mol. The molecule has 4 rings (SSSR count). The minimum atomic E-state index is -4.41. The van der Waals surface area contributed by atoms with Crippen molar-refractivity contribution < 1.29 is 18.0 Å². The number of amides is 1. The summed E-state index contributed by atoms with van der Waals surface area (Å²) in [5.74, 6) is 0.386. The molecule has 180 valence electrons. The van der Waals surface area contributed by atoms with Gasteiger partial charge in [0.2, 0.25) is 5.91 Å². The third kappa shape index (κ3) is 6.06. The number of nitrogens with one attached hydrogen (secondary N) is 3. The van der Waals surface area contributed by atoms with Gasteiger partial charge in [-0.05, 0) is 41.3 Å². The summed E-state index contributed by atoms with van der Waals surface area (Å²) in [6, 6.07) is 19.2. The predicted octanol–water partition coefficient (Wildman–Crippen LogP) is 4.77. The normalized spacial score (nSPS) is 11.4. The average Bonchev–Trinajstić information content (AvgIpc) is 2.85. The van der Waals surface area contributed by atoms with E-state index in [4.69, 9.17) is 0 Å². The molecular formula is C26H23F3N4O2. The lowest BCUT2D eigenvalue weighted by Crippen LogP contribution is -2.27. The van der Waals surface area contributed by atoms with Gasteiger partial charge in [-0.15, -0.1) is 0 Å². The van der Waals surface area contributed by atoms with E-state index in [2.05, 4.69) is 20.8 Å². The van der Waals surface area contributed by atoms with Crippen molar-refractivity contribution in [3.63, 3.8) is 0 Å². The van der Waals surface area contributed by atoms with E-state index in [1.165, 1.54) is 6.07 Å². The van der Waals surface area contributed by atoms with Crippen LogP contribution >= 0.6 is 0 Å². The number of aromatic nitrogens is 2. The molecule has 3 aromatic carbocycles. The highest BCUT2D eigenvalue weighted by atomic mass is 19.4. The molecule has 1 aromatic heterocycles. The lowest BCUT2D eigenvalue weighted by molar-refractivity contribution is -0.137. The van der Waals surface area contributed by atoms with Gasteiger partial charge in [-0.1, -0.05) is 54.6 Å². The number of halogens is 3. The zero-order valence-corrected chi connectivity index (χ0v) is 18.7. The highest BCUT2D eigenvalue weighted by Gasteiger charge is 2.30. The van der Waals surface area contributed by atoms with Gasteiger partial charge in [0.05, 0.1) is 17.4 Å². The number of hydrogen-bond donors (Lipinski definition) is 3. The first-order valence-corrected chi connectivity index (χ1v) is 11.1. The molecule has 0 unspecified atom stereocenters. The summed E-state index contributed by atoms with van der Waals surface area (Å²) in [7, 11) is 0. The van der Waals surface area contributed by atoms with Gasteiger partial charge in [-0.2, -0.15) is 18.3 Å². The fourth-order valence-electron chi connectivity index (χ4n) is 3.76. The summed E-state index contributed by atoms with van der Waals surface area (Å²) in [6.45, 7) is 0.967. The number of nitrogens with zero attached hydrogens (tertiary/aromatic N) is 1. The van der Waals surface area contributed by atoms with E-state index in [-0.39, 0.29) is 17.9 Å². The van der Waals surface area contributed by atoms with E-state index in [1.807, 2.05) is 12.1 Å². The molecule has 3 N–H and O–H groups in total. The van der Waals surface area contributed by atoms with Crippen molar-refractivity contribution in [2.45, 2.75) is 19.0 Å². The van der Waals surface area contributed by atoms with E-state index in [0.717, 1.165) is 17.5 Å². The Morgan fingerprint density at radius 2 is 1.60 bits per heavy atom. The first-order chi connectivity index (χ1) is 16.8. The third-order valence-corrected chi connectivity index (χ3v) is 5.48. The van der Waals surface area contributed by atoms with Crippen LogP contribution in [0.5, 0.6) is 0 Å². The van der Waals surface area contributed by atoms with Crippen LogP contribution in [-0.2, 0) is 17.4 Å². The molecule has 6 nitrogen and oxygen atoms in total. The first kappa shape index (κ1) is 24.0. The number of anilines is 1. The summed E-state index contributed by atoms with van der Waals surface area (Å²) < 4.78 is 39.0. The highest BCUT2D eigenvalue weighted by Crippen LogP contribution is 2.32. The molecule has 0 saturated heterocycles. The van der Waals surface area contributed by atoms with Crippen LogP contribution in [0.15, 0.2) is 77.6 Å². The Labute approximate surface area is 199 Å². The quantitative estimate of drug-likeness (QED) is 0.317. The summed E-state index contributed by atoms with van der Waals surface area (Å²) >= 11 is 0. The zero-order valence-electron chi connectivity index (χ0n) is 18.7. The van der Waals surface area contributed by atoms with Gasteiger partial charge in [0.15, 0.2) is 5.82 Å². The van der Waals surface area contributed by atoms with Crippen LogP contribution in [-0.4, -0.2) is 29.2 Å².